The summed E-state index contributed by atoms with van der Waals surface area (Å²) in [7, 11) is 1.65. The zero-order valence-electron chi connectivity index (χ0n) is 14.6. The fourth-order valence-corrected chi connectivity index (χ4v) is 3.43. The van der Waals surface area contributed by atoms with Gasteiger partial charge in [-0.25, -0.2) is 9.37 Å². The van der Waals surface area contributed by atoms with Crippen LogP contribution in [0.4, 0.5) is 14.5 Å². The summed E-state index contributed by atoms with van der Waals surface area (Å²) in [6.45, 7) is 0. The number of carbonyl (C=O) groups is 1. The summed E-state index contributed by atoms with van der Waals surface area (Å²) < 4.78 is 33.0. The number of rotatable bonds is 5. The number of amides is 1. The van der Waals surface area contributed by atoms with Crippen molar-refractivity contribution in [3.63, 3.8) is 0 Å². The molecule has 2 heterocycles. The molecule has 5 nitrogen and oxygen atoms in total. The van der Waals surface area contributed by atoms with Gasteiger partial charge in [0, 0.05) is 48.1 Å². The third-order valence-corrected chi connectivity index (χ3v) is 5.03. The minimum atomic E-state index is -0.632. The first-order chi connectivity index (χ1) is 13.1. The van der Waals surface area contributed by atoms with Crippen molar-refractivity contribution in [1.82, 2.24) is 9.97 Å². The lowest BCUT2D eigenvalue weighted by atomic mass is 9.87. The molecule has 3 aromatic rings. The number of carbonyl (C=O) groups excluding carboxylic acids is 1. The van der Waals surface area contributed by atoms with Gasteiger partial charge in [0.2, 0.25) is 12.4 Å². The van der Waals surface area contributed by atoms with Crippen molar-refractivity contribution in [3.8, 4) is 11.1 Å². The predicted molar refractivity (Wildman–Crippen MR) is 97.3 cm³/mol. The first-order valence-corrected chi connectivity index (χ1v) is 8.57. The van der Waals surface area contributed by atoms with Gasteiger partial charge in [-0.15, -0.1) is 0 Å². The molecule has 0 unspecified atom stereocenters. The van der Waals surface area contributed by atoms with Crippen LogP contribution in [0.3, 0.4) is 0 Å². The highest BCUT2D eigenvalue weighted by molar-refractivity contribution is 5.99. The number of benzene rings is 1. The smallest absolute Gasteiger partial charge is 0.214 e. The average Bonchev–Trinajstić information content (AvgIpc) is 2.64. The lowest BCUT2D eigenvalue weighted by Crippen LogP contribution is -2.47. The van der Waals surface area contributed by atoms with E-state index in [9.17, 15) is 13.6 Å². The van der Waals surface area contributed by atoms with Gasteiger partial charge in [0.05, 0.1) is 17.3 Å². The molecule has 0 radical (unpaired) electrons. The second kappa shape index (κ2) is 7.00. The van der Waals surface area contributed by atoms with Gasteiger partial charge in [0.15, 0.2) is 0 Å². The molecule has 0 atom stereocenters. The molecule has 1 saturated carbocycles. The highest BCUT2D eigenvalue weighted by Crippen LogP contribution is 2.36. The maximum Gasteiger partial charge on any atom is 0.214 e. The number of pyridine rings is 2. The molecular weight excluding hydrogens is 352 g/mol. The minimum Gasteiger partial charge on any atom is -0.381 e. The topological polar surface area (TPSA) is 55.3 Å². The van der Waals surface area contributed by atoms with Gasteiger partial charge in [-0.3, -0.25) is 9.78 Å². The van der Waals surface area contributed by atoms with Gasteiger partial charge >= 0.3 is 0 Å². The van der Waals surface area contributed by atoms with Crippen LogP contribution < -0.4 is 4.90 Å². The first-order valence-electron chi connectivity index (χ1n) is 8.57. The van der Waals surface area contributed by atoms with E-state index in [0.717, 1.165) is 19.3 Å². The van der Waals surface area contributed by atoms with E-state index in [4.69, 9.17) is 4.74 Å². The van der Waals surface area contributed by atoms with Crippen LogP contribution >= 0.6 is 0 Å². The average molecular weight is 369 g/mol. The van der Waals surface area contributed by atoms with E-state index < -0.39 is 11.8 Å². The predicted octanol–water partition coefficient (Wildman–Crippen LogP) is 3.72. The molecule has 1 aromatic carbocycles. The lowest BCUT2D eigenvalue weighted by Gasteiger charge is -2.40. The summed E-state index contributed by atoms with van der Waals surface area (Å²) in [6, 6.07) is 7.36. The van der Waals surface area contributed by atoms with E-state index in [1.165, 1.54) is 24.4 Å². The summed E-state index contributed by atoms with van der Waals surface area (Å²) in [5, 5.41) is 0.645. The Balaban J connectivity index is 1.80. The van der Waals surface area contributed by atoms with Gasteiger partial charge in [0.1, 0.15) is 5.82 Å². The van der Waals surface area contributed by atoms with Crippen molar-refractivity contribution in [2.45, 2.75) is 25.0 Å². The number of methoxy groups -OCH3 is 1. The van der Waals surface area contributed by atoms with Crippen LogP contribution in [0.2, 0.25) is 0 Å². The quantitative estimate of drug-likeness (QED) is 0.508. The number of halogens is 2. The molecular formula is C20H17F2N3O2. The Morgan fingerprint density at radius 3 is 2.67 bits per heavy atom. The molecule has 0 aliphatic heterocycles. The summed E-state index contributed by atoms with van der Waals surface area (Å²) in [4.78, 5) is 21.2. The number of anilines is 1. The van der Waals surface area contributed by atoms with E-state index in [1.807, 2.05) is 0 Å². The Kier molecular flexibility index (Phi) is 4.53. The number of hydrogen-bond donors (Lipinski definition) is 0. The van der Waals surface area contributed by atoms with Crippen LogP contribution in [0.25, 0.3) is 22.0 Å². The van der Waals surface area contributed by atoms with Gasteiger partial charge in [-0.1, -0.05) is 0 Å². The Hall–Kier alpha value is -2.93. The second-order valence-electron chi connectivity index (χ2n) is 6.54. The zero-order chi connectivity index (χ0) is 19.0. The van der Waals surface area contributed by atoms with Crippen molar-refractivity contribution >= 4 is 23.0 Å². The minimum absolute atomic E-state index is 0.0269. The van der Waals surface area contributed by atoms with Gasteiger partial charge < -0.3 is 9.64 Å². The van der Waals surface area contributed by atoms with Crippen molar-refractivity contribution in [3.05, 3.63) is 54.5 Å². The number of aromatic nitrogens is 2. The monoisotopic (exact) mass is 369 g/mol. The van der Waals surface area contributed by atoms with Crippen molar-refractivity contribution in [1.29, 1.82) is 0 Å². The third-order valence-electron chi connectivity index (χ3n) is 5.03. The van der Waals surface area contributed by atoms with E-state index in [-0.39, 0.29) is 17.7 Å². The summed E-state index contributed by atoms with van der Waals surface area (Å²) in [5.74, 6) is -1.12. The molecule has 0 spiro atoms. The zero-order valence-corrected chi connectivity index (χ0v) is 14.6. The normalized spacial score (nSPS) is 18.9. The van der Waals surface area contributed by atoms with E-state index in [1.54, 1.807) is 30.3 Å². The molecule has 1 aliphatic carbocycles. The molecule has 1 aliphatic rings. The summed E-state index contributed by atoms with van der Waals surface area (Å²) >= 11 is 0. The maximum atomic E-state index is 14.6. The molecule has 0 bridgehead atoms. The number of hydrogen-bond acceptors (Lipinski definition) is 4. The van der Waals surface area contributed by atoms with Crippen molar-refractivity contribution in [2.75, 3.05) is 12.0 Å². The summed E-state index contributed by atoms with van der Waals surface area (Å²) in [6.07, 6.45) is 5.25. The highest BCUT2D eigenvalue weighted by Gasteiger charge is 2.34. The van der Waals surface area contributed by atoms with Crippen LogP contribution in [0.15, 0.2) is 42.7 Å². The van der Waals surface area contributed by atoms with Crippen LogP contribution in [0.5, 0.6) is 0 Å². The molecule has 27 heavy (non-hydrogen) atoms. The van der Waals surface area contributed by atoms with E-state index in [2.05, 4.69) is 9.97 Å². The van der Waals surface area contributed by atoms with Crippen molar-refractivity contribution < 1.29 is 18.3 Å². The number of nitrogens with zero attached hydrogens (tertiary/aromatic N) is 3. The maximum absolute atomic E-state index is 14.6. The molecule has 7 heteroatoms. The van der Waals surface area contributed by atoms with E-state index in [0.29, 0.717) is 22.2 Å². The van der Waals surface area contributed by atoms with Crippen LogP contribution in [-0.2, 0) is 9.53 Å². The number of ether oxygens (including phenoxy) is 1. The fourth-order valence-electron chi connectivity index (χ4n) is 3.43. The Morgan fingerprint density at radius 1 is 1.19 bits per heavy atom. The number of fused-ring (bicyclic) bond motifs is 1. The van der Waals surface area contributed by atoms with Gasteiger partial charge in [-0.2, -0.15) is 4.39 Å². The summed E-state index contributed by atoms with van der Waals surface area (Å²) in [5.41, 5.74) is 1.83. The SMILES string of the molecule is COC1CC(N(C=O)c2ccnc3cc(F)c(-c4ccc(F)nc4)cc23)C1. The van der Waals surface area contributed by atoms with Crippen LogP contribution in [0, 0.1) is 11.8 Å². The Morgan fingerprint density at radius 2 is 2.00 bits per heavy atom. The second-order valence-corrected chi connectivity index (χ2v) is 6.54. The highest BCUT2D eigenvalue weighted by atomic mass is 19.1. The standard InChI is InChI=1S/C20H17F2N3O2/c1-27-14-6-13(7-14)25(11-26)19-4-5-23-18-9-17(21)15(8-16(18)19)12-2-3-20(22)24-10-12/h2-5,8-11,13-14H,6-7H2,1H3. The first kappa shape index (κ1) is 17.5. The third kappa shape index (κ3) is 3.14. The van der Waals surface area contributed by atoms with Gasteiger partial charge in [-0.05, 0) is 37.1 Å². The molecule has 1 fully saturated rings. The van der Waals surface area contributed by atoms with Crippen LogP contribution in [0.1, 0.15) is 12.8 Å². The molecule has 1 amide bonds. The molecule has 4 rings (SSSR count). The molecule has 0 saturated heterocycles. The van der Waals surface area contributed by atoms with E-state index >= 15 is 0 Å². The fraction of sp³-hybridized carbons (Fsp3) is 0.250. The largest absolute Gasteiger partial charge is 0.381 e. The van der Waals surface area contributed by atoms with Crippen LogP contribution in [-0.4, -0.2) is 35.6 Å². The molecule has 138 valence electrons. The molecule has 0 N–H and O–H groups in total. The molecule has 2 aromatic heterocycles. The Bertz CT molecular complexity index is 988. The lowest BCUT2D eigenvalue weighted by molar-refractivity contribution is -0.108. The van der Waals surface area contributed by atoms with Crippen molar-refractivity contribution in [2.24, 2.45) is 0 Å². The Labute approximate surface area is 154 Å². The van der Waals surface area contributed by atoms with Gasteiger partial charge in [0.25, 0.3) is 0 Å².